The van der Waals surface area contributed by atoms with Crippen LogP contribution in [-0.4, -0.2) is 132 Å². The van der Waals surface area contributed by atoms with Crippen LogP contribution in [0.15, 0.2) is 0 Å². The van der Waals surface area contributed by atoms with Crippen LogP contribution in [0.1, 0.15) is 12.8 Å². The van der Waals surface area contributed by atoms with Crippen molar-refractivity contribution in [2.45, 2.75) is 84.2 Å². The highest BCUT2D eigenvalue weighted by Crippen LogP contribution is 2.67. The minimum Gasteiger partial charge on any atom is -0.355 e. The van der Waals surface area contributed by atoms with E-state index >= 15 is 0 Å². The number of nitrogens with zero attached hydrogens (tertiary/aromatic N) is 1. The SMILES string of the molecule is C[N+](C)(C)CCCNC(=O)CS(=O)CCC(F)(F)C(F)(F)C(F)(F)C(F)(F)C(F)(F)C(F)(F)C(F)(F)C(F)(F)C(F)(F)C(F)(F)C(F)(F)C(F)(F)F. The van der Waals surface area contributed by atoms with Crippen molar-refractivity contribution >= 4 is 16.7 Å². The molecule has 0 saturated heterocycles. The van der Waals surface area contributed by atoms with E-state index < -0.39 is 106 Å². The normalized spacial score (nSPS) is 16.6. The van der Waals surface area contributed by atoms with Gasteiger partial charge in [-0.1, -0.05) is 0 Å². The minimum atomic E-state index is -9.65. The fraction of sp³-hybridized carbons (Fsp3) is 0.955. The molecule has 312 valence electrons. The monoisotopic (exact) mass is 853 g/mol. The number of alkyl halides is 25. The van der Waals surface area contributed by atoms with Crippen molar-refractivity contribution in [2.75, 3.05) is 45.7 Å². The molecule has 0 aromatic carbocycles. The van der Waals surface area contributed by atoms with E-state index in [1.807, 2.05) is 5.32 Å². The van der Waals surface area contributed by atoms with Gasteiger partial charge in [-0.2, -0.15) is 110 Å². The lowest BCUT2D eigenvalue weighted by molar-refractivity contribution is -0.870. The zero-order chi connectivity index (χ0) is 42.6. The number of hydrogen-bond acceptors (Lipinski definition) is 2. The van der Waals surface area contributed by atoms with Gasteiger partial charge in [-0.25, -0.2) is 0 Å². The van der Waals surface area contributed by atoms with E-state index in [9.17, 15) is 119 Å². The summed E-state index contributed by atoms with van der Waals surface area (Å²) in [7, 11) is 1.88. The summed E-state index contributed by atoms with van der Waals surface area (Å²) in [6.07, 6.45) is -11.1. The van der Waals surface area contributed by atoms with Crippen molar-refractivity contribution in [2.24, 2.45) is 0 Å². The molecule has 1 atom stereocenters. The lowest BCUT2D eigenvalue weighted by Gasteiger charge is -2.45. The molecule has 1 amide bonds. The molecule has 0 heterocycles. The molecular weight excluding hydrogens is 831 g/mol. The van der Waals surface area contributed by atoms with Gasteiger partial charge in [-0.05, 0) is 0 Å². The largest absolute Gasteiger partial charge is 0.460 e. The molecule has 1 N–H and O–H groups in total. The smallest absolute Gasteiger partial charge is 0.355 e. The molecule has 0 bridgehead atoms. The zero-order valence-corrected chi connectivity index (χ0v) is 26.2. The quantitative estimate of drug-likeness (QED) is 0.0818. The molecule has 1 unspecified atom stereocenters. The second kappa shape index (κ2) is 14.2. The van der Waals surface area contributed by atoms with E-state index in [0.717, 1.165) is 0 Å². The highest BCUT2D eigenvalue weighted by atomic mass is 32.2. The Morgan fingerprint density at radius 2 is 0.788 bits per heavy atom. The van der Waals surface area contributed by atoms with Crippen LogP contribution >= 0.6 is 0 Å². The van der Waals surface area contributed by atoms with Gasteiger partial charge in [0.2, 0.25) is 5.91 Å². The van der Waals surface area contributed by atoms with Crippen LogP contribution in [0.5, 0.6) is 0 Å². The zero-order valence-electron chi connectivity index (χ0n) is 25.4. The van der Waals surface area contributed by atoms with Gasteiger partial charge < -0.3 is 9.80 Å². The summed E-state index contributed by atoms with van der Waals surface area (Å²) in [5.74, 6) is -104. The summed E-state index contributed by atoms with van der Waals surface area (Å²) >= 11 is 0. The van der Waals surface area contributed by atoms with E-state index in [2.05, 4.69) is 0 Å². The van der Waals surface area contributed by atoms with Gasteiger partial charge in [-0.3, -0.25) is 9.00 Å². The third kappa shape index (κ3) is 7.95. The van der Waals surface area contributed by atoms with Crippen LogP contribution in [0.2, 0.25) is 0 Å². The Hall–Kier alpha value is -2.17. The van der Waals surface area contributed by atoms with Crippen molar-refractivity contribution < 1.29 is 123 Å². The Kier molecular flexibility index (Phi) is 13.6. The Balaban J connectivity index is 6.62. The first kappa shape index (κ1) is 49.8. The Morgan fingerprint density at radius 1 is 0.500 bits per heavy atom. The molecule has 0 aliphatic carbocycles. The van der Waals surface area contributed by atoms with Crippen LogP contribution in [0.4, 0.5) is 110 Å². The molecule has 0 rings (SSSR count). The van der Waals surface area contributed by atoms with Gasteiger partial charge in [0.1, 0.15) is 5.75 Å². The van der Waals surface area contributed by atoms with Crippen LogP contribution in [0, 0.1) is 0 Å². The molecule has 52 heavy (non-hydrogen) atoms. The standard InChI is InChI=1S/C22H21F25N2O2S/c1-49(2,3)7-4-6-48-10(50)9-52(51)8-5-11(23,24)12(25,26)13(27,28)14(29,30)15(31,32)16(33,34)17(35,36)18(37,38)19(39,40)20(41,42)21(43,44)22(45,46)47/h4-9H2,1-3H3/p+1. The molecular formula is C22H22F25N2O2S+. The maximum absolute atomic E-state index is 14.0. The Bertz CT molecular complexity index is 1290. The number of amides is 1. The summed E-state index contributed by atoms with van der Waals surface area (Å²) in [4.78, 5) is 11.6. The fourth-order valence-electron chi connectivity index (χ4n) is 3.43. The maximum Gasteiger partial charge on any atom is 0.460 e. The summed E-state index contributed by atoms with van der Waals surface area (Å²) in [6, 6.07) is 0. The molecule has 0 radical (unpaired) electrons. The lowest BCUT2D eigenvalue weighted by atomic mass is 9.84. The number of halogens is 25. The predicted octanol–water partition coefficient (Wildman–Crippen LogP) is 7.89. The van der Waals surface area contributed by atoms with Gasteiger partial charge in [0.05, 0.1) is 27.7 Å². The van der Waals surface area contributed by atoms with E-state index in [0.29, 0.717) is 11.0 Å². The average molecular weight is 853 g/mol. The first-order valence-corrected chi connectivity index (χ1v) is 14.4. The summed E-state index contributed by atoms with van der Waals surface area (Å²) in [5.41, 5.74) is 0. The molecule has 0 aromatic heterocycles. The molecule has 30 heteroatoms. The van der Waals surface area contributed by atoms with Crippen molar-refractivity contribution in [3.63, 3.8) is 0 Å². The number of rotatable bonds is 19. The minimum absolute atomic E-state index is 0.200. The second-order valence-electron chi connectivity index (χ2n) is 11.7. The third-order valence-electron chi connectivity index (χ3n) is 6.63. The van der Waals surface area contributed by atoms with Crippen LogP contribution in [0.25, 0.3) is 0 Å². The van der Waals surface area contributed by atoms with E-state index in [1.54, 1.807) is 21.1 Å². The van der Waals surface area contributed by atoms with Crippen molar-refractivity contribution in [3.8, 4) is 0 Å². The molecule has 0 aliphatic heterocycles. The van der Waals surface area contributed by atoms with Gasteiger partial charge in [0, 0.05) is 35.9 Å². The van der Waals surface area contributed by atoms with Crippen LogP contribution < -0.4 is 5.32 Å². The highest BCUT2D eigenvalue weighted by molar-refractivity contribution is 7.85. The molecule has 0 aliphatic rings. The fourth-order valence-corrected chi connectivity index (χ4v) is 4.46. The van der Waals surface area contributed by atoms with Crippen LogP contribution in [0.3, 0.4) is 0 Å². The number of nitrogens with one attached hydrogen (secondary N) is 1. The Labute approximate surface area is 276 Å². The lowest BCUT2D eigenvalue weighted by Crippen LogP contribution is -2.78. The third-order valence-corrected chi connectivity index (χ3v) is 7.87. The molecule has 4 nitrogen and oxygen atoms in total. The van der Waals surface area contributed by atoms with E-state index in [4.69, 9.17) is 0 Å². The predicted molar refractivity (Wildman–Crippen MR) is 123 cm³/mol. The van der Waals surface area contributed by atoms with E-state index in [-0.39, 0.29) is 13.0 Å². The van der Waals surface area contributed by atoms with E-state index in [1.165, 1.54) is 0 Å². The van der Waals surface area contributed by atoms with Crippen molar-refractivity contribution in [1.29, 1.82) is 0 Å². The average Bonchev–Trinajstić information content (AvgIpc) is 2.92. The molecule has 0 aromatic rings. The first-order chi connectivity index (χ1) is 22.2. The van der Waals surface area contributed by atoms with Gasteiger partial charge in [0.15, 0.2) is 0 Å². The van der Waals surface area contributed by atoms with Crippen molar-refractivity contribution in [1.82, 2.24) is 5.32 Å². The number of quaternary nitrogens is 1. The van der Waals surface area contributed by atoms with Gasteiger partial charge in [-0.15, -0.1) is 0 Å². The number of carbonyl (C=O) groups is 1. The van der Waals surface area contributed by atoms with Gasteiger partial charge in [0.25, 0.3) is 0 Å². The summed E-state index contributed by atoms with van der Waals surface area (Å²) in [5, 5.41) is 2.00. The maximum atomic E-state index is 14.0. The molecule has 0 spiro atoms. The Morgan fingerprint density at radius 3 is 1.08 bits per heavy atom. The summed E-state index contributed by atoms with van der Waals surface area (Å²) < 4.78 is 350. The van der Waals surface area contributed by atoms with Crippen molar-refractivity contribution in [3.05, 3.63) is 0 Å². The first-order valence-electron chi connectivity index (χ1n) is 12.9. The molecule has 0 saturated carbocycles. The molecule has 0 fully saturated rings. The topological polar surface area (TPSA) is 46.2 Å². The van der Waals surface area contributed by atoms with Crippen LogP contribution in [-0.2, 0) is 15.6 Å². The van der Waals surface area contributed by atoms with Gasteiger partial charge >= 0.3 is 71.3 Å². The number of hydrogen-bond donors (Lipinski definition) is 1. The number of carbonyl (C=O) groups excluding carboxylic acids is 1. The second-order valence-corrected chi connectivity index (χ2v) is 13.3. The highest BCUT2D eigenvalue weighted by Gasteiger charge is 2.99. The summed E-state index contributed by atoms with van der Waals surface area (Å²) in [6.45, 7) is 0.170.